The molecule has 104 valence electrons. The van der Waals surface area contributed by atoms with Crippen molar-refractivity contribution in [2.45, 2.75) is 32.9 Å². The molecule has 0 fully saturated rings. The van der Waals surface area contributed by atoms with Gasteiger partial charge in [-0.2, -0.15) is 0 Å². The van der Waals surface area contributed by atoms with Crippen molar-refractivity contribution >= 4 is 5.96 Å². The van der Waals surface area contributed by atoms with Crippen molar-refractivity contribution in [1.82, 2.24) is 10.6 Å². The topological polar surface area (TPSA) is 54.9 Å². The fourth-order valence-electron chi connectivity index (χ4n) is 1.77. The molecule has 0 amide bonds. The van der Waals surface area contributed by atoms with E-state index in [9.17, 15) is 0 Å². The molecule has 0 saturated carbocycles. The lowest BCUT2D eigenvalue weighted by atomic mass is 10.2. The fourth-order valence-corrected chi connectivity index (χ4v) is 1.77. The zero-order valence-corrected chi connectivity index (χ0v) is 11.7. The molecule has 5 nitrogen and oxygen atoms in total. The predicted molar refractivity (Wildman–Crippen MR) is 75.7 cm³/mol. The molecule has 1 aliphatic rings. The molecule has 1 atom stereocenters. The third kappa shape index (κ3) is 3.53. The normalized spacial score (nSPS) is 15.2. The number of ether oxygens (including phenoxy) is 2. The number of aliphatic imine (C=N–C) groups is 1. The van der Waals surface area contributed by atoms with E-state index in [2.05, 4.69) is 29.5 Å². The smallest absolute Gasteiger partial charge is 0.231 e. The number of guanidine groups is 1. The third-order valence-electron chi connectivity index (χ3n) is 3.12. The van der Waals surface area contributed by atoms with Gasteiger partial charge in [-0.25, -0.2) is 0 Å². The molecule has 1 aromatic carbocycles. The Morgan fingerprint density at radius 2 is 2.16 bits per heavy atom. The molecule has 0 bridgehead atoms. The van der Waals surface area contributed by atoms with E-state index in [0.717, 1.165) is 29.4 Å². The standard InChI is InChI=1S/C14H21N3O2/c1-4-10(2)17-14(15-3)16-8-11-5-6-12-13(7-11)19-9-18-12/h5-7,10H,4,8-9H2,1-3H3,(H2,15,16,17). The monoisotopic (exact) mass is 263 g/mol. The molecule has 0 spiro atoms. The Kier molecular flexibility index (Phi) is 4.49. The summed E-state index contributed by atoms with van der Waals surface area (Å²) < 4.78 is 10.6. The summed E-state index contributed by atoms with van der Waals surface area (Å²) in [5.41, 5.74) is 1.14. The van der Waals surface area contributed by atoms with Crippen molar-refractivity contribution in [3.8, 4) is 11.5 Å². The van der Waals surface area contributed by atoms with Gasteiger partial charge in [-0.05, 0) is 31.0 Å². The molecule has 2 rings (SSSR count). The molecule has 1 unspecified atom stereocenters. The molecule has 0 aliphatic carbocycles. The molecule has 0 saturated heterocycles. The minimum absolute atomic E-state index is 0.309. The van der Waals surface area contributed by atoms with E-state index in [4.69, 9.17) is 9.47 Å². The van der Waals surface area contributed by atoms with E-state index in [1.807, 2.05) is 18.2 Å². The largest absolute Gasteiger partial charge is 0.454 e. The highest BCUT2D eigenvalue weighted by molar-refractivity contribution is 5.79. The molecule has 0 aromatic heterocycles. The van der Waals surface area contributed by atoms with Gasteiger partial charge < -0.3 is 20.1 Å². The predicted octanol–water partition coefficient (Wildman–Crippen LogP) is 1.88. The average molecular weight is 263 g/mol. The van der Waals surface area contributed by atoms with Crippen molar-refractivity contribution < 1.29 is 9.47 Å². The van der Waals surface area contributed by atoms with E-state index in [1.165, 1.54) is 0 Å². The van der Waals surface area contributed by atoms with Crippen LogP contribution in [0.25, 0.3) is 0 Å². The summed E-state index contributed by atoms with van der Waals surface area (Å²) in [5, 5.41) is 6.61. The highest BCUT2D eigenvalue weighted by Crippen LogP contribution is 2.32. The summed E-state index contributed by atoms with van der Waals surface area (Å²) >= 11 is 0. The van der Waals surface area contributed by atoms with Crippen LogP contribution in [0.15, 0.2) is 23.2 Å². The van der Waals surface area contributed by atoms with E-state index < -0.39 is 0 Å². The zero-order valence-electron chi connectivity index (χ0n) is 11.7. The van der Waals surface area contributed by atoms with Crippen LogP contribution in [0.3, 0.4) is 0 Å². The third-order valence-corrected chi connectivity index (χ3v) is 3.12. The summed E-state index contributed by atoms with van der Waals surface area (Å²) in [6.07, 6.45) is 1.06. The van der Waals surface area contributed by atoms with Gasteiger partial charge in [-0.15, -0.1) is 0 Å². The van der Waals surface area contributed by atoms with E-state index in [1.54, 1.807) is 7.05 Å². The Balaban J connectivity index is 1.91. The van der Waals surface area contributed by atoms with Crippen LogP contribution in [-0.2, 0) is 6.54 Å². The first-order valence-corrected chi connectivity index (χ1v) is 6.58. The number of nitrogens with zero attached hydrogens (tertiary/aromatic N) is 1. The minimum atomic E-state index is 0.309. The highest BCUT2D eigenvalue weighted by atomic mass is 16.7. The van der Waals surface area contributed by atoms with Crippen LogP contribution < -0.4 is 20.1 Å². The second-order valence-electron chi connectivity index (χ2n) is 4.57. The molecule has 19 heavy (non-hydrogen) atoms. The Morgan fingerprint density at radius 1 is 1.37 bits per heavy atom. The van der Waals surface area contributed by atoms with Crippen LogP contribution >= 0.6 is 0 Å². The number of hydrogen-bond acceptors (Lipinski definition) is 3. The zero-order chi connectivity index (χ0) is 13.7. The van der Waals surface area contributed by atoms with Gasteiger partial charge in [0.25, 0.3) is 0 Å². The van der Waals surface area contributed by atoms with Gasteiger partial charge in [-0.1, -0.05) is 13.0 Å². The van der Waals surface area contributed by atoms with Crippen LogP contribution in [0.1, 0.15) is 25.8 Å². The van der Waals surface area contributed by atoms with Crippen molar-refractivity contribution in [2.75, 3.05) is 13.8 Å². The quantitative estimate of drug-likeness (QED) is 0.643. The maximum atomic E-state index is 5.36. The lowest BCUT2D eigenvalue weighted by molar-refractivity contribution is 0.174. The number of hydrogen-bond donors (Lipinski definition) is 2. The molecule has 1 aliphatic heterocycles. The van der Waals surface area contributed by atoms with Crippen molar-refractivity contribution in [2.24, 2.45) is 4.99 Å². The lowest BCUT2D eigenvalue weighted by Gasteiger charge is -2.16. The van der Waals surface area contributed by atoms with Crippen molar-refractivity contribution in [3.05, 3.63) is 23.8 Å². The Labute approximate surface area is 114 Å². The second kappa shape index (κ2) is 6.31. The number of nitrogens with one attached hydrogen (secondary N) is 2. The lowest BCUT2D eigenvalue weighted by Crippen LogP contribution is -2.41. The molecule has 1 heterocycles. The van der Waals surface area contributed by atoms with Gasteiger partial charge in [-0.3, -0.25) is 4.99 Å². The number of benzene rings is 1. The van der Waals surface area contributed by atoms with Gasteiger partial charge in [0.05, 0.1) is 0 Å². The molecular weight excluding hydrogens is 242 g/mol. The SMILES string of the molecule is CCC(C)NC(=NC)NCc1ccc2c(c1)OCO2. The maximum absolute atomic E-state index is 5.36. The van der Waals surface area contributed by atoms with Gasteiger partial charge >= 0.3 is 0 Å². The first-order chi connectivity index (χ1) is 9.22. The van der Waals surface area contributed by atoms with Gasteiger partial charge in [0.15, 0.2) is 17.5 Å². The van der Waals surface area contributed by atoms with Crippen LogP contribution in [0.4, 0.5) is 0 Å². The maximum Gasteiger partial charge on any atom is 0.231 e. The van der Waals surface area contributed by atoms with Crippen LogP contribution in [0, 0.1) is 0 Å². The Morgan fingerprint density at radius 3 is 2.89 bits per heavy atom. The number of rotatable bonds is 4. The first-order valence-electron chi connectivity index (χ1n) is 6.58. The molecule has 2 N–H and O–H groups in total. The van der Waals surface area contributed by atoms with E-state index in [0.29, 0.717) is 19.4 Å². The Bertz CT molecular complexity index is 460. The Hall–Kier alpha value is -1.91. The van der Waals surface area contributed by atoms with E-state index in [-0.39, 0.29) is 0 Å². The van der Waals surface area contributed by atoms with Crippen LogP contribution in [-0.4, -0.2) is 25.8 Å². The average Bonchev–Trinajstić information content (AvgIpc) is 2.90. The minimum Gasteiger partial charge on any atom is -0.454 e. The van der Waals surface area contributed by atoms with Gasteiger partial charge in [0.1, 0.15) is 0 Å². The van der Waals surface area contributed by atoms with Gasteiger partial charge in [0.2, 0.25) is 6.79 Å². The molecule has 0 radical (unpaired) electrons. The van der Waals surface area contributed by atoms with Crippen LogP contribution in [0.2, 0.25) is 0 Å². The number of fused-ring (bicyclic) bond motifs is 1. The van der Waals surface area contributed by atoms with Crippen molar-refractivity contribution in [3.63, 3.8) is 0 Å². The molecule has 5 heteroatoms. The summed E-state index contributed by atoms with van der Waals surface area (Å²) in [7, 11) is 1.78. The summed E-state index contributed by atoms with van der Waals surface area (Å²) in [6, 6.07) is 6.36. The summed E-state index contributed by atoms with van der Waals surface area (Å²) in [6.45, 7) is 5.28. The summed E-state index contributed by atoms with van der Waals surface area (Å²) in [4.78, 5) is 4.20. The van der Waals surface area contributed by atoms with Crippen molar-refractivity contribution in [1.29, 1.82) is 0 Å². The van der Waals surface area contributed by atoms with Gasteiger partial charge in [0, 0.05) is 19.6 Å². The summed E-state index contributed by atoms with van der Waals surface area (Å²) in [5.74, 6) is 2.43. The van der Waals surface area contributed by atoms with Crippen LogP contribution in [0.5, 0.6) is 11.5 Å². The highest BCUT2D eigenvalue weighted by Gasteiger charge is 2.13. The fraction of sp³-hybridized carbons (Fsp3) is 0.500. The molecule has 1 aromatic rings. The second-order valence-corrected chi connectivity index (χ2v) is 4.57. The first kappa shape index (κ1) is 13.5. The molecular formula is C14H21N3O2. The van der Waals surface area contributed by atoms with E-state index >= 15 is 0 Å².